The van der Waals surface area contributed by atoms with Crippen LogP contribution in [0.1, 0.15) is 56.1 Å². The van der Waals surface area contributed by atoms with E-state index in [0.29, 0.717) is 6.54 Å². The van der Waals surface area contributed by atoms with E-state index in [9.17, 15) is 4.79 Å². The Morgan fingerprint density at radius 1 is 1.00 bits per heavy atom. The molecule has 0 radical (unpaired) electrons. The number of pyridine rings is 1. The van der Waals surface area contributed by atoms with Gasteiger partial charge in [0.2, 0.25) is 0 Å². The van der Waals surface area contributed by atoms with Gasteiger partial charge in [-0.25, -0.2) is 9.78 Å². The quantitative estimate of drug-likeness (QED) is 0.740. The summed E-state index contributed by atoms with van der Waals surface area (Å²) >= 11 is 0. The number of carbonyl (C=O) groups is 1. The summed E-state index contributed by atoms with van der Waals surface area (Å²) in [6.07, 6.45) is 9.77. The predicted molar refractivity (Wildman–Crippen MR) is 132 cm³/mol. The minimum atomic E-state index is -0.117. The largest absolute Gasteiger partial charge is 0.357 e. The molecule has 1 aromatic carbocycles. The van der Waals surface area contributed by atoms with Crippen molar-refractivity contribution >= 4 is 11.8 Å². The third-order valence-electron chi connectivity index (χ3n) is 8.22. The monoisotopic (exact) mass is 447 g/mol. The van der Waals surface area contributed by atoms with E-state index < -0.39 is 0 Å². The molecule has 3 fully saturated rings. The van der Waals surface area contributed by atoms with Crippen molar-refractivity contribution in [2.45, 2.75) is 62.6 Å². The molecule has 0 bridgehead atoms. The normalized spacial score (nSPS) is 27.9. The molecule has 2 aliphatic heterocycles. The Bertz CT molecular complexity index is 961. The fourth-order valence-electron chi connectivity index (χ4n) is 6.15. The number of benzene rings is 1. The van der Waals surface area contributed by atoms with Crippen LogP contribution in [0.2, 0.25) is 0 Å². The van der Waals surface area contributed by atoms with Crippen LogP contribution in [0, 0.1) is 0 Å². The summed E-state index contributed by atoms with van der Waals surface area (Å²) in [6.45, 7) is 3.59. The standard InChI is InChI=1S/C27H37N5O/c1-30(2)27(23-9-5-3-6-10-23)14-12-26(13-15-27)21-32(25(33)29-26)20-22-11-16-28-24(19-22)31-17-7-4-8-18-31/h3,5-6,9-11,16,19H,4,7-8,12-15,17-18,20-21H2,1-2H3,(H,29,33). The molecule has 33 heavy (non-hydrogen) atoms. The van der Waals surface area contributed by atoms with Crippen LogP contribution < -0.4 is 10.2 Å². The van der Waals surface area contributed by atoms with Crippen LogP contribution in [0.15, 0.2) is 48.7 Å². The van der Waals surface area contributed by atoms with Crippen LogP contribution in [0.4, 0.5) is 10.6 Å². The highest BCUT2D eigenvalue weighted by Gasteiger charge is 2.49. The number of hydrogen-bond donors (Lipinski definition) is 1. The van der Waals surface area contributed by atoms with Gasteiger partial charge in [-0.3, -0.25) is 4.90 Å². The van der Waals surface area contributed by atoms with Crippen LogP contribution in [-0.2, 0) is 12.1 Å². The second-order valence-electron chi connectivity index (χ2n) is 10.4. The maximum Gasteiger partial charge on any atom is 0.318 e. The van der Waals surface area contributed by atoms with Crippen molar-refractivity contribution in [2.75, 3.05) is 38.6 Å². The summed E-state index contributed by atoms with van der Waals surface area (Å²) < 4.78 is 0. The van der Waals surface area contributed by atoms with E-state index in [-0.39, 0.29) is 17.1 Å². The van der Waals surface area contributed by atoms with Crippen LogP contribution in [0.5, 0.6) is 0 Å². The minimum Gasteiger partial charge on any atom is -0.357 e. The number of hydrogen-bond acceptors (Lipinski definition) is 4. The Kier molecular flexibility index (Phi) is 6.04. The van der Waals surface area contributed by atoms with Crippen LogP contribution in [0.3, 0.4) is 0 Å². The van der Waals surface area contributed by atoms with Gasteiger partial charge in [-0.15, -0.1) is 0 Å². The second-order valence-corrected chi connectivity index (χ2v) is 10.4. The molecule has 2 aromatic rings. The van der Waals surface area contributed by atoms with Gasteiger partial charge in [-0.2, -0.15) is 0 Å². The molecule has 3 heterocycles. The molecule has 6 heteroatoms. The molecule has 0 unspecified atom stereocenters. The number of rotatable bonds is 5. The van der Waals surface area contributed by atoms with Crippen LogP contribution in [0.25, 0.3) is 0 Å². The summed E-state index contributed by atoms with van der Waals surface area (Å²) in [5.41, 5.74) is 2.47. The number of aromatic nitrogens is 1. The lowest BCUT2D eigenvalue weighted by molar-refractivity contribution is 0.0617. The zero-order valence-corrected chi connectivity index (χ0v) is 20.1. The van der Waals surface area contributed by atoms with Crippen LogP contribution >= 0.6 is 0 Å². The van der Waals surface area contributed by atoms with Crippen molar-refractivity contribution in [2.24, 2.45) is 0 Å². The summed E-state index contributed by atoms with van der Waals surface area (Å²) in [5.74, 6) is 1.05. The summed E-state index contributed by atoms with van der Waals surface area (Å²) in [7, 11) is 4.38. The Labute approximate surface area is 198 Å². The van der Waals surface area contributed by atoms with Crippen molar-refractivity contribution < 1.29 is 4.79 Å². The summed E-state index contributed by atoms with van der Waals surface area (Å²) in [4.78, 5) is 24.3. The summed E-state index contributed by atoms with van der Waals surface area (Å²) in [6, 6.07) is 15.2. The van der Waals surface area contributed by atoms with Gasteiger partial charge in [0.25, 0.3) is 0 Å². The van der Waals surface area contributed by atoms with Gasteiger partial charge in [-0.05, 0) is 82.3 Å². The maximum atomic E-state index is 13.0. The second kappa shape index (κ2) is 8.98. The van der Waals surface area contributed by atoms with E-state index in [4.69, 9.17) is 0 Å². The van der Waals surface area contributed by atoms with Crippen molar-refractivity contribution in [1.82, 2.24) is 20.1 Å². The lowest BCUT2D eigenvalue weighted by Gasteiger charge is -2.48. The molecule has 1 spiro atoms. The summed E-state index contributed by atoms with van der Waals surface area (Å²) in [5, 5.41) is 3.39. The van der Waals surface area contributed by atoms with Crippen molar-refractivity contribution in [1.29, 1.82) is 0 Å². The first-order valence-corrected chi connectivity index (χ1v) is 12.5. The van der Waals surface area contributed by atoms with E-state index >= 15 is 0 Å². The Hall–Kier alpha value is -2.60. The molecule has 2 saturated heterocycles. The number of urea groups is 1. The Morgan fingerprint density at radius 3 is 2.42 bits per heavy atom. The zero-order valence-electron chi connectivity index (χ0n) is 20.1. The molecule has 1 aliphatic carbocycles. The highest BCUT2D eigenvalue weighted by atomic mass is 16.2. The first-order chi connectivity index (χ1) is 16.0. The smallest absolute Gasteiger partial charge is 0.318 e. The Morgan fingerprint density at radius 2 is 1.73 bits per heavy atom. The predicted octanol–water partition coefficient (Wildman–Crippen LogP) is 4.37. The fraction of sp³-hybridized carbons (Fsp3) is 0.556. The third kappa shape index (κ3) is 4.33. The van der Waals surface area contributed by atoms with E-state index in [1.165, 1.54) is 30.4 Å². The maximum absolute atomic E-state index is 13.0. The minimum absolute atomic E-state index is 0.0408. The van der Waals surface area contributed by atoms with Gasteiger partial charge >= 0.3 is 6.03 Å². The van der Waals surface area contributed by atoms with Gasteiger partial charge in [0.05, 0.1) is 5.54 Å². The molecular weight excluding hydrogens is 410 g/mol. The molecule has 3 aliphatic rings. The van der Waals surface area contributed by atoms with Crippen molar-refractivity contribution in [3.8, 4) is 0 Å². The number of nitrogens with one attached hydrogen (secondary N) is 1. The van der Waals surface area contributed by atoms with Crippen molar-refractivity contribution in [3.63, 3.8) is 0 Å². The molecule has 2 amide bonds. The molecule has 1 aromatic heterocycles. The van der Waals surface area contributed by atoms with Gasteiger partial charge in [0.15, 0.2) is 0 Å². The van der Waals surface area contributed by atoms with E-state index in [1.54, 1.807) is 0 Å². The molecule has 176 valence electrons. The molecule has 1 N–H and O–H groups in total. The van der Waals surface area contributed by atoms with Gasteiger partial charge in [-0.1, -0.05) is 30.3 Å². The highest BCUT2D eigenvalue weighted by Crippen LogP contribution is 2.46. The number of nitrogens with zero attached hydrogens (tertiary/aromatic N) is 4. The van der Waals surface area contributed by atoms with Gasteiger partial charge in [0, 0.05) is 37.9 Å². The SMILES string of the molecule is CN(C)C1(c2ccccc2)CCC2(CC1)CN(Cc1ccnc(N3CCCCC3)c1)C(=O)N2. The number of piperidine rings is 1. The number of anilines is 1. The van der Waals surface area contributed by atoms with E-state index in [1.807, 2.05) is 11.1 Å². The lowest BCUT2D eigenvalue weighted by Crippen LogP contribution is -2.54. The fourth-order valence-corrected chi connectivity index (χ4v) is 6.15. The number of carbonyl (C=O) groups excluding carboxylic acids is 1. The van der Waals surface area contributed by atoms with Gasteiger partial charge in [0.1, 0.15) is 5.82 Å². The molecule has 0 atom stereocenters. The molecule has 5 rings (SSSR count). The topological polar surface area (TPSA) is 51.7 Å². The molecule has 6 nitrogen and oxygen atoms in total. The first-order valence-electron chi connectivity index (χ1n) is 12.5. The average Bonchev–Trinajstić information content (AvgIpc) is 3.15. The van der Waals surface area contributed by atoms with Gasteiger partial charge < -0.3 is 15.1 Å². The van der Waals surface area contributed by atoms with Crippen LogP contribution in [-0.4, -0.2) is 60.1 Å². The molecular formula is C27H37N5O. The Balaban J connectivity index is 1.27. The van der Waals surface area contributed by atoms with E-state index in [0.717, 1.165) is 51.1 Å². The average molecular weight is 448 g/mol. The first kappa shape index (κ1) is 22.2. The third-order valence-corrected chi connectivity index (χ3v) is 8.22. The molecule has 1 saturated carbocycles. The zero-order chi connectivity index (χ0) is 22.9. The highest BCUT2D eigenvalue weighted by molar-refractivity contribution is 5.78. The van der Waals surface area contributed by atoms with E-state index in [2.05, 4.69) is 76.7 Å². The van der Waals surface area contributed by atoms with Crippen molar-refractivity contribution in [3.05, 3.63) is 59.8 Å². The lowest BCUT2D eigenvalue weighted by atomic mass is 9.69. The number of amides is 2.